The minimum absolute atomic E-state index is 0.773. The minimum atomic E-state index is -1.12. The predicted molar refractivity (Wildman–Crippen MR) is 56.6 cm³/mol. The van der Waals surface area contributed by atoms with Crippen molar-refractivity contribution in [3.63, 3.8) is 0 Å². The third-order valence-corrected chi connectivity index (χ3v) is 2.15. The highest BCUT2D eigenvalue weighted by atomic mass is 35.5. The van der Waals surface area contributed by atoms with Crippen molar-refractivity contribution in [2.75, 3.05) is 0 Å². The first-order valence-electron chi connectivity index (χ1n) is 3.31. The lowest BCUT2D eigenvalue weighted by Gasteiger charge is -2.19. The van der Waals surface area contributed by atoms with Crippen LogP contribution in [0.1, 0.15) is 5.56 Å². The summed E-state index contributed by atoms with van der Waals surface area (Å²) in [6, 6.07) is 9.27. The molecule has 0 fully saturated rings. The van der Waals surface area contributed by atoms with Gasteiger partial charge in [0.15, 0.2) is 0 Å². The second kappa shape index (κ2) is 4.08. The Morgan fingerprint density at radius 3 is 2.33 bits per heavy atom. The van der Waals surface area contributed by atoms with Crippen LogP contribution in [0.2, 0.25) is 0 Å². The van der Waals surface area contributed by atoms with Crippen LogP contribution >= 0.6 is 35.4 Å². The quantitative estimate of drug-likeness (QED) is 0.477. The molecule has 0 unspecified atom stereocenters. The fourth-order valence-corrected chi connectivity index (χ4v) is 1.47. The summed E-state index contributed by atoms with van der Waals surface area (Å²) in [6.07, 6.45) is 0. The number of alkyl halides is 2. The average Bonchev–Trinajstić information content (AvgIpc) is 2.06. The van der Waals surface area contributed by atoms with Crippen LogP contribution in [0.25, 0.3) is 0 Å². The third kappa shape index (κ3) is 2.34. The van der Waals surface area contributed by atoms with Gasteiger partial charge in [0.05, 0.1) is 5.49 Å². The van der Waals surface area contributed by atoms with Gasteiger partial charge in [-0.2, -0.15) is 0 Å². The zero-order valence-electron chi connectivity index (χ0n) is 6.13. The maximum atomic E-state index is 5.92. The smallest absolute Gasteiger partial charge is 0.214 e. The first kappa shape index (κ1) is 9.78. The highest BCUT2D eigenvalue weighted by Gasteiger charge is 2.23. The summed E-state index contributed by atoms with van der Waals surface area (Å²) in [7, 11) is 0. The summed E-state index contributed by atoms with van der Waals surface area (Å²) < 4.78 is -1.12. The molecule has 0 aromatic heterocycles. The molecular weight excluding hydrogens is 213 g/mol. The van der Waals surface area contributed by atoms with Gasteiger partial charge < -0.3 is 5.32 Å². The molecule has 0 aliphatic heterocycles. The molecule has 64 valence electrons. The lowest BCUT2D eigenvalue weighted by Crippen LogP contribution is -2.29. The van der Waals surface area contributed by atoms with Gasteiger partial charge in [-0.15, -0.1) is 0 Å². The Balaban J connectivity index is 2.89. The summed E-state index contributed by atoms with van der Waals surface area (Å²) in [6.45, 7) is 0. The molecule has 0 aliphatic carbocycles. The average molecular weight is 220 g/mol. The molecule has 4 heteroatoms. The van der Waals surface area contributed by atoms with E-state index in [4.69, 9.17) is 23.2 Å². The highest BCUT2D eigenvalue weighted by molar-refractivity contribution is 7.78. The van der Waals surface area contributed by atoms with Gasteiger partial charge in [0.1, 0.15) is 0 Å². The molecule has 0 atom stereocenters. The zero-order chi connectivity index (χ0) is 9.03. The van der Waals surface area contributed by atoms with Crippen LogP contribution in [0.3, 0.4) is 0 Å². The van der Waals surface area contributed by atoms with E-state index in [0.29, 0.717) is 0 Å². The molecular formula is C8H7Cl2NS. The largest absolute Gasteiger partial charge is 0.348 e. The Kier molecular flexibility index (Phi) is 3.32. The SMILES string of the molecule is S=CNC(Cl)(Cl)c1ccccc1. The third-order valence-electron chi connectivity index (χ3n) is 1.38. The second-order valence-electron chi connectivity index (χ2n) is 2.20. The van der Waals surface area contributed by atoms with Gasteiger partial charge in [-0.3, -0.25) is 0 Å². The predicted octanol–water partition coefficient (Wildman–Crippen LogP) is 2.82. The molecule has 0 radical (unpaired) electrons. The Morgan fingerprint density at radius 1 is 1.25 bits per heavy atom. The van der Waals surface area contributed by atoms with Gasteiger partial charge in [0.2, 0.25) is 4.46 Å². The van der Waals surface area contributed by atoms with Crippen molar-refractivity contribution in [3.05, 3.63) is 35.9 Å². The molecule has 0 bridgehead atoms. The fourth-order valence-electron chi connectivity index (χ4n) is 0.805. The lowest BCUT2D eigenvalue weighted by molar-refractivity contribution is 0.811. The maximum Gasteiger partial charge on any atom is 0.214 e. The van der Waals surface area contributed by atoms with E-state index < -0.39 is 4.46 Å². The monoisotopic (exact) mass is 219 g/mol. The molecule has 1 N–H and O–H groups in total. The number of hydrogen-bond donors (Lipinski definition) is 1. The number of thiocarbonyl (C=S) groups is 1. The summed E-state index contributed by atoms with van der Waals surface area (Å²) in [5.41, 5.74) is 2.07. The lowest BCUT2D eigenvalue weighted by atomic mass is 10.2. The van der Waals surface area contributed by atoms with Crippen LogP contribution in [-0.2, 0) is 4.46 Å². The van der Waals surface area contributed by atoms with Gasteiger partial charge in [0.25, 0.3) is 0 Å². The molecule has 0 saturated heterocycles. The van der Waals surface area contributed by atoms with Crippen molar-refractivity contribution in [1.82, 2.24) is 5.32 Å². The number of nitrogens with one attached hydrogen (secondary N) is 1. The second-order valence-corrected chi connectivity index (χ2v) is 3.77. The Hall–Kier alpha value is -0.310. The van der Waals surface area contributed by atoms with E-state index in [1.807, 2.05) is 30.3 Å². The molecule has 0 amide bonds. The molecule has 1 nitrogen and oxygen atoms in total. The van der Waals surface area contributed by atoms with Crippen molar-refractivity contribution in [2.24, 2.45) is 0 Å². The topological polar surface area (TPSA) is 12.0 Å². The summed E-state index contributed by atoms with van der Waals surface area (Å²) >= 11 is 16.4. The van der Waals surface area contributed by atoms with Gasteiger partial charge in [-0.1, -0.05) is 65.8 Å². The van der Waals surface area contributed by atoms with Gasteiger partial charge in [0, 0.05) is 5.56 Å². The molecule has 1 rings (SSSR count). The summed E-state index contributed by atoms with van der Waals surface area (Å²) in [5, 5.41) is 2.66. The van der Waals surface area contributed by atoms with Crippen LogP contribution in [-0.4, -0.2) is 5.49 Å². The van der Waals surface area contributed by atoms with Crippen molar-refractivity contribution in [2.45, 2.75) is 4.46 Å². The summed E-state index contributed by atoms with van der Waals surface area (Å²) in [4.78, 5) is 0. The number of halogens is 2. The molecule has 0 spiro atoms. The van der Waals surface area contributed by atoms with E-state index in [2.05, 4.69) is 17.5 Å². The van der Waals surface area contributed by atoms with Crippen LogP contribution in [0, 0.1) is 0 Å². The molecule has 0 aliphatic rings. The number of hydrogen-bond acceptors (Lipinski definition) is 1. The van der Waals surface area contributed by atoms with Gasteiger partial charge in [-0.25, -0.2) is 0 Å². The van der Waals surface area contributed by atoms with E-state index >= 15 is 0 Å². The molecule has 0 saturated carbocycles. The van der Waals surface area contributed by atoms with E-state index in [9.17, 15) is 0 Å². The highest BCUT2D eigenvalue weighted by Crippen LogP contribution is 2.29. The van der Waals surface area contributed by atoms with E-state index in [-0.39, 0.29) is 0 Å². The number of benzene rings is 1. The molecule has 0 heterocycles. The van der Waals surface area contributed by atoms with Crippen molar-refractivity contribution in [1.29, 1.82) is 0 Å². The van der Waals surface area contributed by atoms with Crippen LogP contribution in [0.5, 0.6) is 0 Å². The Labute approximate surface area is 86.7 Å². The Morgan fingerprint density at radius 2 is 1.83 bits per heavy atom. The first-order chi connectivity index (χ1) is 5.67. The maximum absolute atomic E-state index is 5.92. The first-order valence-corrected chi connectivity index (χ1v) is 4.54. The normalized spacial score (nSPS) is 10.8. The Bertz CT molecular complexity index is 261. The van der Waals surface area contributed by atoms with Gasteiger partial charge >= 0.3 is 0 Å². The van der Waals surface area contributed by atoms with E-state index in [1.165, 1.54) is 5.49 Å². The zero-order valence-corrected chi connectivity index (χ0v) is 8.46. The van der Waals surface area contributed by atoms with E-state index in [1.54, 1.807) is 0 Å². The molecule has 1 aromatic carbocycles. The molecule has 1 aromatic rings. The van der Waals surface area contributed by atoms with Crippen LogP contribution in [0.15, 0.2) is 30.3 Å². The van der Waals surface area contributed by atoms with Crippen molar-refractivity contribution >= 4 is 40.9 Å². The fraction of sp³-hybridized carbons (Fsp3) is 0.125. The summed E-state index contributed by atoms with van der Waals surface area (Å²) in [5.74, 6) is 0. The standard InChI is InChI=1S/C8H7Cl2NS/c9-8(10,11-6-12)7-4-2-1-3-5-7/h1-6H,(H,11,12). The van der Waals surface area contributed by atoms with Gasteiger partial charge in [-0.05, 0) is 0 Å². The van der Waals surface area contributed by atoms with E-state index in [0.717, 1.165) is 5.56 Å². The van der Waals surface area contributed by atoms with Crippen molar-refractivity contribution < 1.29 is 0 Å². The molecule has 12 heavy (non-hydrogen) atoms. The minimum Gasteiger partial charge on any atom is -0.348 e. The van der Waals surface area contributed by atoms with Crippen LogP contribution < -0.4 is 5.32 Å². The van der Waals surface area contributed by atoms with Crippen molar-refractivity contribution in [3.8, 4) is 0 Å². The number of rotatable bonds is 3. The van der Waals surface area contributed by atoms with Crippen LogP contribution in [0.4, 0.5) is 0 Å².